The van der Waals surface area contributed by atoms with Gasteiger partial charge in [-0.05, 0) is 54.9 Å². The Morgan fingerprint density at radius 3 is 2.89 bits per heavy atom. The predicted molar refractivity (Wildman–Crippen MR) is 78.9 cm³/mol. The lowest BCUT2D eigenvalue weighted by molar-refractivity contribution is 0.351. The standard InChI is InChI=1S/C16H22ClNO/c17-14-9-12(16-13(10-14)7-8-19-16)5-6-15(18)11-3-1-2-4-11/h9-11,15H,1-8,18H2. The van der Waals surface area contributed by atoms with E-state index in [1.807, 2.05) is 12.1 Å². The Kier molecular flexibility index (Phi) is 3.99. The van der Waals surface area contributed by atoms with E-state index in [0.717, 1.165) is 42.6 Å². The summed E-state index contributed by atoms with van der Waals surface area (Å²) in [5, 5.41) is 0.827. The molecule has 1 unspecified atom stereocenters. The van der Waals surface area contributed by atoms with Gasteiger partial charge >= 0.3 is 0 Å². The van der Waals surface area contributed by atoms with Gasteiger partial charge in [0.1, 0.15) is 5.75 Å². The third-order valence-electron chi connectivity index (χ3n) is 4.58. The van der Waals surface area contributed by atoms with Crippen molar-refractivity contribution in [2.45, 2.75) is 51.0 Å². The van der Waals surface area contributed by atoms with Crippen LogP contribution in [0.5, 0.6) is 5.75 Å². The van der Waals surface area contributed by atoms with Crippen molar-refractivity contribution in [2.75, 3.05) is 6.61 Å². The molecule has 1 aromatic carbocycles. The van der Waals surface area contributed by atoms with E-state index in [4.69, 9.17) is 22.1 Å². The van der Waals surface area contributed by atoms with Crippen LogP contribution in [0, 0.1) is 5.92 Å². The lowest BCUT2D eigenvalue weighted by atomic mass is 9.92. The molecule has 2 nitrogen and oxygen atoms in total. The largest absolute Gasteiger partial charge is 0.493 e. The minimum Gasteiger partial charge on any atom is -0.493 e. The molecule has 1 heterocycles. The van der Waals surface area contributed by atoms with Crippen molar-refractivity contribution in [3.8, 4) is 5.75 Å². The van der Waals surface area contributed by atoms with Gasteiger partial charge < -0.3 is 10.5 Å². The Morgan fingerprint density at radius 2 is 2.11 bits per heavy atom. The summed E-state index contributed by atoms with van der Waals surface area (Å²) in [6.45, 7) is 0.789. The first-order chi connectivity index (χ1) is 9.24. The van der Waals surface area contributed by atoms with Gasteiger partial charge in [0.25, 0.3) is 0 Å². The first-order valence-corrected chi connectivity index (χ1v) is 7.81. The molecule has 1 aliphatic heterocycles. The predicted octanol–water partition coefficient (Wildman–Crippen LogP) is 3.73. The van der Waals surface area contributed by atoms with Crippen molar-refractivity contribution in [3.05, 3.63) is 28.3 Å². The maximum atomic E-state index is 6.34. The molecule has 2 aliphatic rings. The van der Waals surface area contributed by atoms with E-state index >= 15 is 0 Å². The lowest BCUT2D eigenvalue weighted by Crippen LogP contribution is -2.28. The summed E-state index contributed by atoms with van der Waals surface area (Å²) < 4.78 is 5.74. The Morgan fingerprint density at radius 1 is 1.32 bits per heavy atom. The van der Waals surface area contributed by atoms with Crippen molar-refractivity contribution in [1.29, 1.82) is 0 Å². The van der Waals surface area contributed by atoms with Gasteiger partial charge in [0.15, 0.2) is 0 Å². The van der Waals surface area contributed by atoms with Crippen molar-refractivity contribution in [2.24, 2.45) is 11.7 Å². The fourth-order valence-corrected chi connectivity index (χ4v) is 3.74. The number of aryl methyl sites for hydroxylation is 1. The second-order valence-corrected chi connectivity index (χ2v) is 6.34. The molecule has 104 valence electrons. The fourth-order valence-electron chi connectivity index (χ4n) is 3.48. The first kappa shape index (κ1) is 13.3. The maximum absolute atomic E-state index is 6.34. The highest BCUT2D eigenvalue weighted by Gasteiger charge is 2.23. The maximum Gasteiger partial charge on any atom is 0.125 e. The fraction of sp³-hybridized carbons (Fsp3) is 0.625. The van der Waals surface area contributed by atoms with E-state index in [9.17, 15) is 0 Å². The van der Waals surface area contributed by atoms with Crippen LogP contribution in [0.25, 0.3) is 0 Å². The summed E-state index contributed by atoms with van der Waals surface area (Å²) in [6, 6.07) is 4.41. The molecular weight excluding hydrogens is 258 g/mol. The summed E-state index contributed by atoms with van der Waals surface area (Å²) >= 11 is 6.18. The van der Waals surface area contributed by atoms with Crippen LogP contribution < -0.4 is 10.5 Å². The van der Waals surface area contributed by atoms with Crippen molar-refractivity contribution >= 4 is 11.6 Å². The van der Waals surface area contributed by atoms with Crippen molar-refractivity contribution in [1.82, 2.24) is 0 Å². The number of rotatable bonds is 4. The first-order valence-electron chi connectivity index (χ1n) is 7.44. The van der Waals surface area contributed by atoms with Crippen LogP contribution in [0.1, 0.15) is 43.2 Å². The van der Waals surface area contributed by atoms with E-state index in [2.05, 4.69) is 0 Å². The van der Waals surface area contributed by atoms with Gasteiger partial charge in [0.2, 0.25) is 0 Å². The summed E-state index contributed by atoms with van der Waals surface area (Å²) in [4.78, 5) is 0. The van der Waals surface area contributed by atoms with Crippen LogP contribution in [0.3, 0.4) is 0 Å². The molecule has 0 aromatic heterocycles. The second kappa shape index (κ2) is 5.72. The van der Waals surface area contributed by atoms with Crippen molar-refractivity contribution in [3.63, 3.8) is 0 Å². The minimum atomic E-state index is 0.332. The van der Waals surface area contributed by atoms with E-state index < -0.39 is 0 Å². The molecule has 1 aliphatic carbocycles. The molecule has 0 spiro atoms. The number of fused-ring (bicyclic) bond motifs is 1. The summed E-state index contributed by atoms with van der Waals surface area (Å²) in [5.41, 5.74) is 8.84. The van der Waals surface area contributed by atoms with Crippen LogP contribution in [-0.2, 0) is 12.8 Å². The van der Waals surface area contributed by atoms with E-state index in [1.54, 1.807) is 0 Å². The minimum absolute atomic E-state index is 0.332. The average molecular weight is 280 g/mol. The SMILES string of the molecule is NC(CCc1cc(Cl)cc2c1OCC2)C1CCCC1. The molecule has 3 rings (SSSR count). The van der Waals surface area contributed by atoms with Crippen LogP contribution in [0.15, 0.2) is 12.1 Å². The highest BCUT2D eigenvalue weighted by atomic mass is 35.5. The molecule has 0 bridgehead atoms. The van der Waals surface area contributed by atoms with Crippen LogP contribution in [0.2, 0.25) is 5.02 Å². The Bertz CT molecular complexity index is 454. The molecule has 0 saturated heterocycles. The monoisotopic (exact) mass is 279 g/mol. The number of nitrogens with two attached hydrogens (primary N) is 1. The lowest BCUT2D eigenvalue weighted by Gasteiger charge is -2.19. The molecule has 0 amide bonds. The van der Waals surface area contributed by atoms with Crippen LogP contribution in [-0.4, -0.2) is 12.6 Å². The van der Waals surface area contributed by atoms with Crippen molar-refractivity contribution < 1.29 is 4.74 Å². The van der Waals surface area contributed by atoms with Gasteiger partial charge in [-0.2, -0.15) is 0 Å². The molecule has 3 heteroatoms. The molecule has 1 aromatic rings. The summed E-state index contributed by atoms with van der Waals surface area (Å²) in [7, 11) is 0. The Balaban J connectivity index is 1.66. The van der Waals surface area contributed by atoms with Crippen LogP contribution >= 0.6 is 11.6 Å². The molecule has 2 N–H and O–H groups in total. The van der Waals surface area contributed by atoms with E-state index in [1.165, 1.54) is 36.8 Å². The van der Waals surface area contributed by atoms with Crippen LogP contribution in [0.4, 0.5) is 0 Å². The van der Waals surface area contributed by atoms with Gasteiger partial charge in [0, 0.05) is 17.5 Å². The highest BCUT2D eigenvalue weighted by molar-refractivity contribution is 6.30. The quantitative estimate of drug-likeness (QED) is 0.912. The average Bonchev–Trinajstić information content (AvgIpc) is 3.05. The van der Waals surface area contributed by atoms with E-state index in [0.29, 0.717) is 6.04 Å². The molecule has 1 saturated carbocycles. The number of hydrogen-bond acceptors (Lipinski definition) is 2. The summed E-state index contributed by atoms with van der Waals surface area (Å²) in [5.74, 6) is 1.80. The molecular formula is C16H22ClNO. The van der Waals surface area contributed by atoms with Gasteiger partial charge in [-0.3, -0.25) is 0 Å². The Labute approximate surface area is 120 Å². The topological polar surface area (TPSA) is 35.2 Å². The highest BCUT2D eigenvalue weighted by Crippen LogP contribution is 2.35. The molecule has 19 heavy (non-hydrogen) atoms. The zero-order chi connectivity index (χ0) is 13.2. The molecule has 0 radical (unpaired) electrons. The zero-order valence-electron chi connectivity index (χ0n) is 11.3. The third kappa shape index (κ3) is 2.90. The zero-order valence-corrected chi connectivity index (χ0v) is 12.1. The van der Waals surface area contributed by atoms with E-state index in [-0.39, 0.29) is 0 Å². The number of ether oxygens (including phenoxy) is 1. The molecule has 1 atom stereocenters. The number of halogens is 1. The van der Waals surface area contributed by atoms with Gasteiger partial charge in [0.05, 0.1) is 6.61 Å². The Hall–Kier alpha value is -0.730. The smallest absolute Gasteiger partial charge is 0.125 e. The van der Waals surface area contributed by atoms with Gasteiger partial charge in [-0.25, -0.2) is 0 Å². The number of benzene rings is 1. The van der Waals surface area contributed by atoms with Gasteiger partial charge in [-0.15, -0.1) is 0 Å². The second-order valence-electron chi connectivity index (χ2n) is 5.90. The summed E-state index contributed by atoms with van der Waals surface area (Å²) in [6.07, 6.45) is 8.34. The number of hydrogen-bond donors (Lipinski definition) is 1. The van der Waals surface area contributed by atoms with Gasteiger partial charge in [-0.1, -0.05) is 24.4 Å². The third-order valence-corrected chi connectivity index (χ3v) is 4.80. The normalized spacial score (nSPS) is 20.3. The molecule has 1 fully saturated rings.